The summed E-state index contributed by atoms with van der Waals surface area (Å²) in [6.45, 7) is 7.34. The van der Waals surface area contributed by atoms with Gasteiger partial charge in [-0.3, -0.25) is 9.59 Å². The van der Waals surface area contributed by atoms with Gasteiger partial charge in [-0.25, -0.2) is 0 Å². The first kappa shape index (κ1) is 21.7. The Kier molecular flexibility index (Phi) is 5.46. The van der Waals surface area contributed by atoms with Crippen LogP contribution in [0.25, 0.3) is 10.9 Å². The van der Waals surface area contributed by atoms with Gasteiger partial charge in [0.25, 0.3) is 5.91 Å². The molecule has 4 nitrogen and oxygen atoms in total. The molecular formula is C28H38N2O2. The average molecular weight is 435 g/mol. The van der Waals surface area contributed by atoms with Crippen molar-refractivity contribution in [3.63, 3.8) is 0 Å². The van der Waals surface area contributed by atoms with Crippen LogP contribution < -0.4 is 11.2 Å². The fraction of sp³-hybridized carbons (Fsp3) is 0.643. The number of fused-ring (bicyclic) bond motifs is 1. The van der Waals surface area contributed by atoms with E-state index in [1.165, 1.54) is 19.3 Å². The highest BCUT2D eigenvalue weighted by Gasteiger charge is 2.54. The Morgan fingerprint density at radius 2 is 1.72 bits per heavy atom. The first-order valence-corrected chi connectivity index (χ1v) is 12.8. The van der Waals surface area contributed by atoms with E-state index in [9.17, 15) is 9.59 Å². The molecule has 2 N–H and O–H groups in total. The Morgan fingerprint density at radius 3 is 2.25 bits per heavy atom. The summed E-state index contributed by atoms with van der Waals surface area (Å²) in [7, 11) is 0. The fourth-order valence-corrected chi connectivity index (χ4v) is 7.76. The van der Waals surface area contributed by atoms with Gasteiger partial charge in [-0.2, -0.15) is 0 Å². The monoisotopic (exact) mass is 434 g/mol. The van der Waals surface area contributed by atoms with Crippen LogP contribution in [0.3, 0.4) is 0 Å². The van der Waals surface area contributed by atoms with E-state index in [0.717, 1.165) is 79.6 Å². The van der Waals surface area contributed by atoms with Gasteiger partial charge < -0.3 is 10.3 Å². The lowest BCUT2D eigenvalue weighted by Gasteiger charge is -2.57. The molecule has 1 amide bonds. The number of carbonyl (C=O) groups is 1. The minimum atomic E-state index is -0.540. The van der Waals surface area contributed by atoms with Crippen LogP contribution in [-0.4, -0.2) is 10.5 Å². The molecule has 4 saturated carbocycles. The van der Waals surface area contributed by atoms with Crippen molar-refractivity contribution >= 4 is 16.8 Å². The van der Waals surface area contributed by atoms with Crippen molar-refractivity contribution in [1.82, 2.24) is 4.57 Å². The van der Waals surface area contributed by atoms with E-state index in [1.807, 2.05) is 6.07 Å². The molecule has 0 radical (unpaired) electrons. The molecule has 0 aliphatic heterocycles. The highest BCUT2D eigenvalue weighted by Crippen LogP contribution is 2.61. The maximum atomic E-state index is 13.8. The van der Waals surface area contributed by atoms with Crippen LogP contribution in [0.1, 0.15) is 106 Å². The second-order valence-electron chi connectivity index (χ2n) is 11.4. The summed E-state index contributed by atoms with van der Waals surface area (Å²) in [5, 5.41) is 0.662. The van der Waals surface area contributed by atoms with Gasteiger partial charge in [0.1, 0.15) is 5.56 Å². The molecule has 4 heteroatoms. The zero-order valence-electron chi connectivity index (χ0n) is 20.0. The molecule has 0 unspecified atom stereocenters. The third kappa shape index (κ3) is 3.41. The lowest BCUT2D eigenvalue weighted by molar-refractivity contribution is -0.00933. The van der Waals surface area contributed by atoms with Gasteiger partial charge in [-0.1, -0.05) is 39.7 Å². The number of unbranched alkanes of at least 4 members (excludes halogenated alkanes) is 2. The zero-order chi connectivity index (χ0) is 22.6. The summed E-state index contributed by atoms with van der Waals surface area (Å²) in [5.74, 6) is 1.99. The number of hydrogen-bond acceptors (Lipinski definition) is 2. The average Bonchev–Trinajstić information content (AvgIpc) is 2.73. The van der Waals surface area contributed by atoms with E-state index < -0.39 is 5.91 Å². The number of hydrogen-bond donors (Lipinski definition) is 1. The standard InChI is InChI=1S/C28H38N2O2/c1-4-5-6-9-30-23-8-7-21(17(2)3)13-22(23)25(31)24(27(29)32)26(30)28-14-18-10-19(15-28)12-20(11-18)16-28/h7-8,13,17-20H,4-6,9-12,14-16H2,1-3H3,(H2,29,32). The quantitative estimate of drug-likeness (QED) is 0.553. The Bertz CT molecular complexity index is 1080. The summed E-state index contributed by atoms with van der Waals surface area (Å²) >= 11 is 0. The minimum Gasteiger partial charge on any atom is -0.365 e. The van der Waals surface area contributed by atoms with Gasteiger partial charge in [0.2, 0.25) is 5.43 Å². The summed E-state index contributed by atoms with van der Waals surface area (Å²) in [6.07, 6.45) is 10.7. The number of pyridine rings is 1. The van der Waals surface area contributed by atoms with Crippen LogP contribution >= 0.6 is 0 Å². The lowest BCUT2D eigenvalue weighted by Crippen LogP contribution is -2.51. The Labute approximate surface area is 191 Å². The Morgan fingerprint density at radius 1 is 1.09 bits per heavy atom. The van der Waals surface area contributed by atoms with E-state index in [1.54, 1.807) is 0 Å². The number of benzene rings is 1. The number of nitrogens with two attached hydrogens (primary N) is 1. The van der Waals surface area contributed by atoms with Crippen molar-refractivity contribution in [2.45, 2.75) is 96.4 Å². The van der Waals surface area contributed by atoms with E-state index in [2.05, 4.69) is 37.5 Å². The van der Waals surface area contributed by atoms with Crippen LogP contribution in [0.2, 0.25) is 0 Å². The van der Waals surface area contributed by atoms with E-state index >= 15 is 0 Å². The highest BCUT2D eigenvalue weighted by atomic mass is 16.2. The molecule has 0 atom stereocenters. The van der Waals surface area contributed by atoms with Gasteiger partial charge in [0.05, 0.1) is 5.52 Å². The second-order valence-corrected chi connectivity index (χ2v) is 11.4. The molecular weight excluding hydrogens is 396 g/mol. The molecule has 4 bridgehead atoms. The summed E-state index contributed by atoms with van der Waals surface area (Å²) in [6, 6.07) is 6.30. The molecule has 172 valence electrons. The summed E-state index contributed by atoms with van der Waals surface area (Å²) in [4.78, 5) is 26.7. The van der Waals surface area contributed by atoms with Gasteiger partial charge in [0, 0.05) is 23.0 Å². The second kappa shape index (κ2) is 8.04. The van der Waals surface area contributed by atoms with E-state index in [0.29, 0.717) is 11.3 Å². The molecule has 0 saturated heterocycles. The molecule has 4 fully saturated rings. The number of nitrogens with zero attached hydrogens (tertiary/aromatic N) is 1. The lowest BCUT2D eigenvalue weighted by atomic mass is 9.48. The maximum Gasteiger partial charge on any atom is 0.254 e. The normalized spacial score (nSPS) is 28.7. The Balaban J connectivity index is 1.79. The van der Waals surface area contributed by atoms with Crippen LogP contribution in [-0.2, 0) is 12.0 Å². The third-order valence-electron chi connectivity index (χ3n) is 8.73. The third-order valence-corrected chi connectivity index (χ3v) is 8.73. The molecule has 4 aliphatic carbocycles. The number of amides is 1. The molecule has 2 aromatic rings. The molecule has 1 aromatic carbocycles. The van der Waals surface area contributed by atoms with Crippen molar-refractivity contribution in [2.24, 2.45) is 23.5 Å². The molecule has 0 spiro atoms. The molecule has 1 aromatic heterocycles. The number of aromatic nitrogens is 1. The van der Waals surface area contributed by atoms with Gasteiger partial charge in [-0.05, 0) is 86.3 Å². The predicted octanol–water partition coefficient (Wildman–Crippen LogP) is 5.88. The molecule has 1 heterocycles. The molecule has 6 rings (SSSR count). The van der Waals surface area contributed by atoms with E-state index in [4.69, 9.17) is 5.73 Å². The SMILES string of the molecule is CCCCCn1c(C23CC4CC(CC(C4)C2)C3)c(C(N)=O)c(=O)c2cc(C(C)C)ccc21. The largest absolute Gasteiger partial charge is 0.365 e. The minimum absolute atomic E-state index is 0.0601. The highest BCUT2D eigenvalue weighted by molar-refractivity contribution is 5.98. The van der Waals surface area contributed by atoms with Gasteiger partial charge in [-0.15, -0.1) is 0 Å². The van der Waals surface area contributed by atoms with Crippen molar-refractivity contribution in [2.75, 3.05) is 0 Å². The number of carbonyl (C=O) groups excluding carboxylic acids is 1. The predicted molar refractivity (Wildman–Crippen MR) is 130 cm³/mol. The van der Waals surface area contributed by atoms with Crippen LogP contribution in [0, 0.1) is 17.8 Å². The summed E-state index contributed by atoms with van der Waals surface area (Å²) < 4.78 is 2.36. The van der Waals surface area contributed by atoms with Gasteiger partial charge >= 0.3 is 0 Å². The van der Waals surface area contributed by atoms with Crippen LogP contribution in [0.4, 0.5) is 0 Å². The van der Waals surface area contributed by atoms with Crippen molar-refractivity contribution < 1.29 is 4.79 Å². The van der Waals surface area contributed by atoms with Crippen LogP contribution in [0.5, 0.6) is 0 Å². The zero-order valence-corrected chi connectivity index (χ0v) is 20.0. The number of aryl methyl sites for hydroxylation is 1. The molecule has 4 aliphatic rings. The molecule has 32 heavy (non-hydrogen) atoms. The van der Waals surface area contributed by atoms with Crippen molar-refractivity contribution in [3.8, 4) is 0 Å². The summed E-state index contributed by atoms with van der Waals surface area (Å²) in [5.41, 5.74) is 9.20. The first-order valence-electron chi connectivity index (χ1n) is 12.8. The smallest absolute Gasteiger partial charge is 0.254 e. The van der Waals surface area contributed by atoms with Crippen molar-refractivity contribution in [1.29, 1.82) is 0 Å². The van der Waals surface area contributed by atoms with E-state index in [-0.39, 0.29) is 16.4 Å². The van der Waals surface area contributed by atoms with Crippen molar-refractivity contribution in [3.05, 3.63) is 45.2 Å². The number of primary amides is 1. The topological polar surface area (TPSA) is 65.1 Å². The number of rotatable bonds is 7. The fourth-order valence-electron chi connectivity index (χ4n) is 7.76. The van der Waals surface area contributed by atoms with Gasteiger partial charge in [0.15, 0.2) is 0 Å². The first-order chi connectivity index (χ1) is 15.3. The Hall–Kier alpha value is -2.10. The van der Waals surface area contributed by atoms with Crippen LogP contribution in [0.15, 0.2) is 23.0 Å². The maximum absolute atomic E-state index is 13.8.